The van der Waals surface area contributed by atoms with Crippen LogP contribution in [0.2, 0.25) is 0 Å². The molecule has 0 heterocycles. The third kappa shape index (κ3) is 2.74. The molecule has 18 heavy (non-hydrogen) atoms. The standard InChI is InChI=1S/C15H13FO2/c1-10-6-7-14(11(2)8-10)18-15(17)12-4-3-5-13(16)9-12/h3-9H,1-2H3. The van der Waals surface area contributed by atoms with Gasteiger partial charge in [-0.2, -0.15) is 0 Å². The maximum Gasteiger partial charge on any atom is 0.343 e. The number of carbonyl (C=O) groups is 1. The zero-order valence-electron chi connectivity index (χ0n) is 10.2. The molecule has 0 fully saturated rings. The average molecular weight is 244 g/mol. The van der Waals surface area contributed by atoms with E-state index in [1.54, 1.807) is 6.07 Å². The minimum Gasteiger partial charge on any atom is -0.423 e. The molecule has 0 radical (unpaired) electrons. The molecule has 2 aromatic carbocycles. The number of ether oxygens (including phenoxy) is 1. The lowest BCUT2D eigenvalue weighted by Crippen LogP contribution is -2.09. The normalized spacial score (nSPS) is 10.2. The summed E-state index contributed by atoms with van der Waals surface area (Å²) >= 11 is 0. The molecule has 2 rings (SSSR count). The van der Waals surface area contributed by atoms with Gasteiger partial charge in [0.15, 0.2) is 0 Å². The Bertz CT molecular complexity index is 591. The van der Waals surface area contributed by atoms with Crippen LogP contribution in [0.4, 0.5) is 4.39 Å². The predicted molar refractivity (Wildman–Crippen MR) is 67.3 cm³/mol. The van der Waals surface area contributed by atoms with Crippen molar-refractivity contribution in [1.82, 2.24) is 0 Å². The van der Waals surface area contributed by atoms with Crippen molar-refractivity contribution >= 4 is 5.97 Å². The van der Waals surface area contributed by atoms with Crippen LogP contribution in [-0.2, 0) is 0 Å². The molecule has 3 heteroatoms. The Kier molecular flexibility index (Phi) is 3.42. The van der Waals surface area contributed by atoms with E-state index in [1.807, 2.05) is 26.0 Å². The fourth-order valence-electron chi connectivity index (χ4n) is 1.69. The molecule has 0 saturated heterocycles. The van der Waals surface area contributed by atoms with Crippen LogP contribution < -0.4 is 4.74 Å². The molecule has 0 aliphatic carbocycles. The lowest BCUT2D eigenvalue weighted by Gasteiger charge is -2.08. The van der Waals surface area contributed by atoms with E-state index < -0.39 is 11.8 Å². The fourth-order valence-corrected chi connectivity index (χ4v) is 1.69. The molecule has 0 bridgehead atoms. The molecule has 0 spiro atoms. The molecule has 0 unspecified atom stereocenters. The molecule has 0 amide bonds. The monoisotopic (exact) mass is 244 g/mol. The van der Waals surface area contributed by atoms with Crippen molar-refractivity contribution in [2.24, 2.45) is 0 Å². The number of esters is 1. The van der Waals surface area contributed by atoms with Crippen LogP contribution in [0.1, 0.15) is 21.5 Å². The second-order valence-electron chi connectivity index (χ2n) is 4.17. The van der Waals surface area contributed by atoms with Crippen molar-refractivity contribution < 1.29 is 13.9 Å². The molecule has 0 aromatic heterocycles. The van der Waals surface area contributed by atoms with Gasteiger partial charge < -0.3 is 4.74 Å². The Morgan fingerprint density at radius 2 is 1.89 bits per heavy atom. The molecular weight excluding hydrogens is 231 g/mol. The summed E-state index contributed by atoms with van der Waals surface area (Å²) in [5, 5.41) is 0. The smallest absolute Gasteiger partial charge is 0.343 e. The highest BCUT2D eigenvalue weighted by atomic mass is 19.1. The van der Waals surface area contributed by atoms with Crippen LogP contribution in [-0.4, -0.2) is 5.97 Å². The highest BCUT2D eigenvalue weighted by Gasteiger charge is 2.10. The van der Waals surface area contributed by atoms with E-state index in [2.05, 4.69) is 0 Å². The summed E-state index contributed by atoms with van der Waals surface area (Å²) in [7, 11) is 0. The molecule has 0 atom stereocenters. The van der Waals surface area contributed by atoms with Gasteiger partial charge in [0, 0.05) is 0 Å². The maximum atomic E-state index is 13.0. The summed E-state index contributed by atoms with van der Waals surface area (Å²) in [6.07, 6.45) is 0. The van der Waals surface area contributed by atoms with Gasteiger partial charge in [-0.25, -0.2) is 9.18 Å². The maximum absolute atomic E-state index is 13.0. The largest absolute Gasteiger partial charge is 0.423 e. The van der Waals surface area contributed by atoms with Gasteiger partial charge in [-0.15, -0.1) is 0 Å². The first-order valence-corrected chi connectivity index (χ1v) is 5.61. The molecule has 0 N–H and O–H groups in total. The Labute approximate surface area is 105 Å². The summed E-state index contributed by atoms with van der Waals surface area (Å²) in [6, 6.07) is 11.0. The third-order valence-electron chi connectivity index (χ3n) is 2.59. The van der Waals surface area contributed by atoms with E-state index in [9.17, 15) is 9.18 Å². The van der Waals surface area contributed by atoms with Gasteiger partial charge in [0.05, 0.1) is 5.56 Å². The lowest BCUT2D eigenvalue weighted by molar-refractivity contribution is 0.0733. The summed E-state index contributed by atoms with van der Waals surface area (Å²) < 4.78 is 18.2. The van der Waals surface area contributed by atoms with Gasteiger partial charge in [0.1, 0.15) is 11.6 Å². The summed E-state index contributed by atoms with van der Waals surface area (Å²) in [5.41, 5.74) is 2.17. The fraction of sp³-hybridized carbons (Fsp3) is 0.133. The predicted octanol–water partition coefficient (Wildman–Crippen LogP) is 3.66. The van der Waals surface area contributed by atoms with Crippen molar-refractivity contribution in [2.75, 3.05) is 0 Å². The van der Waals surface area contributed by atoms with E-state index >= 15 is 0 Å². The number of aryl methyl sites for hydroxylation is 2. The second kappa shape index (κ2) is 5.00. The van der Waals surface area contributed by atoms with Crippen LogP contribution in [0.25, 0.3) is 0 Å². The van der Waals surface area contributed by atoms with Crippen LogP contribution in [0.15, 0.2) is 42.5 Å². The summed E-state index contributed by atoms with van der Waals surface area (Å²) in [6.45, 7) is 3.83. The first-order chi connectivity index (χ1) is 8.56. The zero-order valence-corrected chi connectivity index (χ0v) is 10.2. The number of rotatable bonds is 2. The van der Waals surface area contributed by atoms with Crippen molar-refractivity contribution in [3.05, 3.63) is 65.0 Å². The lowest BCUT2D eigenvalue weighted by atomic mass is 10.1. The van der Waals surface area contributed by atoms with E-state index in [-0.39, 0.29) is 5.56 Å². The second-order valence-corrected chi connectivity index (χ2v) is 4.17. The Balaban J connectivity index is 2.21. The number of hydrogen-bond acceptors (Lipinski definition) is 2. The first-order valence-electron chi connectivity index (χ1n) is 5.61. The first kappa shape index (κ1) is 12.3. The SMILES string of the molecule is Cc1ccc(OC(=O)c2cccc(F)c2)c(C)c1. The van der Waals surface area contributed by atoms with Gasteiger partial charge in [0.25, 0.3) is 0 Å². The quantitative estimate of drug-likeness (QED) is 0.595. The van der Waals surface area contributed by atoms with Gasteiger partial charge in [-0.3, -0.25) is 0 Å². The number of benzene rings is 2. The molecule has 2 aromatic rings. The molecular formula is C15H13FO2. The van der Waals surface area contributed by atoms with E-state index in [1.165, 1.54) is 18.2 Å². The van der Waals surface area contributed by atoms with Gasteiger partial charge in [-0.1, -0.05) is 23.8 Å². The molecule has 0 aliphatic heterocycles. The van der Waals surface area contributed by atoms with E-state index in [0.29, 0.717) is 5.75 Å². The number of carbonyl (C=O) groups excluding carboxylic acids is 1. The zero-order chi connectivity index (χ0) is 13.1. The van der Waals surface area contributed by atoms with Crippen LogP contribution in [0.3, 0.4) is 0 Å². The topological polar surface area (TPSA) is 26.3 Å². The Morgan fingerprint density at radius 1 is 1.11 bits per heavy atom. The van der Waals surface area contributed by atoms with Gasteiger partial charge in [0.2, 0.25) is 0 Å². The highest BCUT2D eigenvalue weighted by Crippen LogP contribution is 2.20. The van der Waals surface area contributed by atoms with Crippen molar-refractivity contribution in [3.63, 3.8) is 0 Å². The van der Waals surface area contributed by atoms with Gasteiger partial charge >= 0.3 is 5.97 Å². The van der Waals surface area contributed by atoms with Gasteiger partial charge in [-0.05, 0) is 43.7 Å². The van der Waals surface area contributed by atoms with Crippen molar-refractivity contribution in [2.45, 2.75) is 13.8 Å². The van der Waals surface area contributed by atoms with Crippen LogP contribution in [0.5, 0.6) is 5.75 Å². The van der Waals surface area contributed by atoms with Crippen LogP contribution in [0, 0.1) is 19.7 Å². The van der Waals surface area contributed by atoms with Crippen molar-refractivity contribution in [1.29, 1.82) is 0 Å². The van der Waals surface area contributed by atoms with E-state index in [4.69, 9.17) is 4.74 Å². The number of hydrogen-bond donors (Lipinski definition) is 0. The third-order valence-corrected chi connectivity index (χ3v) is 2.59. The van der Waals surface area contributed by atoms with Crippen LogP contribution >= 0.6 is 0 Å². The summed E-state index contributed by atoms with van der Waals surface area (Å²) in [5.74, 6) is -0.513. The average Bonchev–Trinajstić information content (AvgIpc) is 2.32. The molecule has 2 nitrogen and oxygen atoms in total. The Hall–Kier alpha value is -2.16. The molecule has 92 valence electrons. The van der Waals surface area contributed by atoms with Crippen molar-refractivity contribution in [3.8, 4) is 5.75 Å². The summed E-state index contributed by atoms with van der Waals surface area (Å²) in [4.78, 5) is 11.8. The highest BCUT2D eigenvalue weighted by molar-refractivity contribution is 5.91. The number of halogens is 1. The minimum absolute atomic E-state index is 0.204. The molecule has 0 saturated carbocycles. The molecule has 0 aliphatic rings. The van der Waals surface area contributed by atoms with E-state index in [0.717, 1.165) is 17.2 Å². The Morgan fingerprint density at radius 3 is 2.56 bits per heavy atom. The minimum atomic E-state index is -0.554.